The maximum atomic E-state index is 5.99. The number of H-pyrrole nitrogens is 2. The number of nitrogens with one attached hydrogen (secondary N) is 4. The summed E-state index contributed by atoms with van der Waals surface area (Å²) in [6, 6.07) is 8.71. The second-order valence-electron chi connectivity index (χ2n) is 27.4. The summed E-state index contributed by atoms with van der Waals surface area (Å²) in [5, 5.41) is 7.35. The van der Waals surface area contributed by atoms with E-state index in [1.807, 2.05) is 24.6 Å². The van der Waals surface area contributed by atoms with Crippen molar-refractivity contribution < 1.29 is 18.9 Å². The van der Waals surface area contributed by atoms with Gasteiger partial charge in [0.15, 0.2) is 0 Å². The van der Waals surface area contributed by atoms with E-state index in [0.717, 1.165) is 165 Å². The van der Waals surface area contributed by atoms with Gasteiger partial charge in [-0.15, -0.1) is 26.3 Å². The van der Waals surface area contributed by atoms with Gasteiger partial charge in [-0.2, -0.15) is 0 Å². The Kier molecular flexibility index (Phi) is 27.0. The third kappa shape index (κ3) is 18.4. The van der Waals surface area contributed by atoms with E-state index in [-0.39, 0.29) is 0 Å². The number of allylic oxidation sites excluding steroid dienone is 20. The van der Waals surface area contributed by atoms with Crippen LogP contribution in [0.15, 0.2) is 271 Å². The smallest absolute Gasteiger partial charge is 0.121 e. The normalized spacial score (nSPS) is 19.3. The monoisotopic (exact) mass is 1410 g/mol. The number of aromatic nitrogens is 2. The highest BCUT2D eigenvalue weighted by molar-refractivity contribution is 6.32. The molecule has 546 valence electrons. The Morgan fingerprint density at radius 3 is 1.10 bits per heavy atom. The molecule has 0 aliphatic carbocycles. The molecule has 0 spiro atoms. The summed E-state index contributed by atoms with van der Waals surface area (Å²) in [7, 11) is 0. The topological polar surface area (TPSA) is 173 Å². The van der Waals surface area contributed by atoms with Crippen LogP contribution in [-0.4, -0.2) is 120 Å². The van der Waals surface area contributed by atoms with Gasteiger partial charge in [-0.05, 0) is 197 Å². The van der Waals surface area contributed by atoms with E-state index >= 15 is 0 Å². The molecule has 16 bridgehead atoms. The second kappa shape index (κ2) is 38.0. The molecule has 2 aromatic heterocycles. The average molecular weight is 1420 g/mol. The standard InChI is InChI=1S/C90H102N12O4/c1-9-17-25-63(15-7)61-101-51-49-91-89(101)87-83-45-41-79(97-83)67(29-21-57-103-53-11-3)75-37-33-71(93-75)65(72-34-38-76(94-72)68(30-22-58-104-54-12-4)80-42-46-84(87)98-80)27-19-20-28-66-73-35-39-77(95-73)69(31-23-59-105-55-13-5)81-43-47-85(99-81)88(90-92-50-52-102(90)62-64(16-8)26-18-10-2)86-48-44-82(100-86)70(32-24-60-106-56-14-6)78-40-36-74(66)96-78/h11-14,33-52,63-64,91-92,97,99H,3-6,9-10,15-18,21-26,29-32,53-62H2,1-2,7-8H3/b72-65?,74-66?,75-67?,77-69?,80-68?,82-70?,89-87+,90-88+. The minimum atomic E-state index is 0.470. The third-order valence-corrected chi connectivity index (χ3v) is 20.0. The summed E-state index contributed by atoms with van der Waals surface area (Å²) < 4.78 is 23.9. The van der Waals surface area contributed by atoms with Crippen LogP contribution < -0.4 is 10.6 Å². The van der Waals surface area contributed by atoms with Gasteiger partial charge in [-0.3, -0.25) is 0 Å². The van der Waals surface area contributed by atoms with E-state index in [0.29, 0.717) is 124 Å². The van der Waals surface area contributed by atoms with E-state index in [2.05, 4.69) is 206 Å². The molecule has 0 fully saturated rings. The first-order valence-corrected chi connectivity index (χ1v) is 38.3. The minimum absolute atomic E-state index is 0.470. The molecule has 2 unspecified atom stereocenters. The number of hydrogen-bond acceptors (Lipinski definition) is 14. The highest BCUT2D eigenvalue weighted by atomic mass is 16.5. The minimum Gasteiger partial charge on any atom is -0.377 e. The van der Waals surface area contributed by atoms with E-state index in [1.54, 1.807) is 24.3 Å². The Balaban J connectivity index is 0.996. The van der Waals surface area contributed by atoms with E-state index in [1.165, 1.54) is 38.5 Å². The second-order valence-corrected chi connectivity index (χ2v) is 27.4. The number of aliphatic imine (C=N–C) groups is 6. The summed E-state index contributed by atoms with van der Waals surface area (Å²) in [5.41, 5.74) is 20.4. The number of aromatic amines is 2. The predicted octanol–water partition coefficient (Wildman–Crippen LogP) is 18.0. The Morgan fingerprint density at radius 1 is 0.396 bits per heavy atom. The number of ether oxygens (including phenoxy) is 4. The maximum absolute atomic E-state index is 5.99. The van der Waals surface area contributed by atoms with Crippen LogP contribution in [0.2, 0.25) is 0 Å². The van der Waals surface area contributed by atoms with Crippen LogP contribution >= 0.6 is 0 Å². The zero-order valence-corrected chi connectivity index (χ0v) is 62.4. The summed E-state index contributed by atoms with van der Waals surface area (Å²) >= 11 is 0. The van der Waals surface area contributed by atoms with Crippen LogP contribution in [0.25, 0.3) is 22.3 Å². The molecule has 106 heavy (non-hydrogen) atoms. The molecule has 2 atom stereocenters. The fraction of sp³-hybridized carbons (Fsp3) is 0.356. The van der Waals surface area contributed by atoms with Crippen molar-refractivity contribution in [2.45, 2.75) is 130 Å². The fourth-order valence-electron chi connectivity index (χ4n) is 14.4. The van der Waals surface area contributed by atoms with Crippen molar-refractivity contribution in [2.75, 3.05) is 65.9 Å². The molecule has 0 aromatic carbocycles. The third-order valence-electron chi connectivity index (χ3n) is 20.0. The average Bonchev–Trinajstić information content (AvgIpc) is 1.63. The number of hydrogen-bond donors (Lipinski definition) is 4. The Bertz CT molecular complexity index is 4300. The molecular formula is C90H102N12O4. The largest absolute Gasteiger partial charge is 0.377 e. The van der Waals surface area contributed by atoms with Crippen molar-refractivity contribution >= 4 is 56.6 Å². The van der Waals surface area contributed by atoms with Gasteiger partial charge in [0.05, 0.1) is 129 Å². The van der Waals surface area contributed by atoms with Crippen LogP contribution in [-0.2, 0) is 18.9 Å². The summed E-state index contributed by atoms with van der Waals surface area (Å²) in [5.74, 6) is 16.8. The van der Waals surface area contributed by atoms with Gasteiger partial charge in [-0.1, -0.05) is 90.5 Å². The maximum Gasteiger partial charge on any atom is 0.121 e. The molecular weight excluding hydrogens is 1310 g/mol. The van der Waals surface area contributed by atoms with Crippen molar-refractivity contribution in [1.29, 1.82) is 0 Å². The SMILES string of the molecule is C=CCOCCCC1=C2C=CC(=N2)/C(=C2\NC=CN2CC(CC)CCCC)c2ccc([nH]2)C(CCCOCC=C)=C2C=CC(=N2)C(C#CC#CC2=C3C=CC(=N3)C(CCCOCC=C)=C3C=CC(=N3)/C(=C3\NC=CN3CC(CC)CCCC)c3ccc([nH]3)C(CCCOCC=C)=C3C=CC2=N3)=C2C=CC1=N2. The molecule has 12 heterocycles. The zero-order valence-electron chi connectivity index (χ0n) is 62.4. The van der Waals surface area contributed by atoms with Gasteiger partial charge >= 0.3 is 0 Å². The van der Waals surface area contributed by atoms with Gasteiger partial charge in [0.25, 0.3) is 0 Å². The lowest BCUT2D eigenvalue weighted by molar-refractivity contribution is 0.160. The van der Waals surface area contributed by atoms with Crippen LogP contribution in [0.3, 0.4) is 0 Å². The molecule has 12 rings (SSSR count). The Hall–Kier alpha value is -10.5. The number of rotatable bonds is 36. The molecule has 0 saturated heterocycles. The summed E-state index contributed by atoms with van der Waals surface area (Å²) in [6.07, 6.45) is 55.6. The van der Waals surface area contributed by atoms with E-state index in [4.69, 9.17) is 48.9 Å². The van der Waals surface area contributed by atoms with Crippen LogP contribution in [0.4, 0.5) is 0 Å². The number of unbranched alkanes of at least 4 members (excludes halogenated alkanes) is 2. The zero-order chi connectivity index (χ0) is 73.4. The van der Waals surface area contributed by atoms with Crippen molar-refractivity contribution in [2.24, 2.45) is 41.8 Å². The van der Waals surface area contributed by atoms with Gasteiger partial charge in [0.1, 0.15) is 11.6 Å². The molecule has 0 radical (unpaired) electrons. The van der Waals surface area contributed by atoms with Gasteiger partial charge < -0.3 is 49.3 Å². The molecule has 4 N–H and O–H groups in total. The highest BCUT2D eigenvalue weighted by Gasteiger charge is 2.32. The first-order chi connectivity index (χ1) is 52.2. The van der Waals surface area contributed by atoms with Gasteiger partial charge in [0.2, 0.25) is 0 Å². The molecule has 16 heteroatoms. The first-order valence-electron chi connectivity index (χ1n) is 38.3. The van der Waals surface area contributed by atoms with E-state index < -0.39 is 0 Å². The van der Waals surface area contributed by atoms with Gasteiger partial charge in [-0.25, -0.2) is 30.0 Å². The van der Waals surface area contributed by atoms with Crippen LogP contribution in [0, 0.1) is 35.5 Å². The molecule has 16 nitrogen and oxygen atoms in total. The molecule has 10 aliphatic heterocycles. The lowest BCUT2D eigenvalue weighted by Crippen LogP contribution is -2.27. The Morgan fingerprint density at radius 2 is 0.726 bits per heavy atom. The molecule has 0 amide bonds. The number of fused-ring (bicyclic) bond motifs is 10. The lowest BCUT2D eigenvalue weighted by atomic mass is 9.98. The Labute approximate surface area is 627 Å². The van der Waals surface area contributed by atoms with Gasteiger partial charge in [0, 0.05) is 98.0 Å². The van der Waals surface area contributed by atoms with Crippen LogP contribution in [0.5, 0.6) is 0 Å². The fourth-order valence-corrected chi connectivity index (χ4v) is 14.4. The molecule has 10 aliphatic rings. The van der Waals surface area contributed by atoms with Crippen LogP contribution in [0.1, 0.15) is 153 Å². The number of nitrogens with zero attached hydrogens (tertiary/aromatic N) is 8. The van der Waals surface area contributed by atoms with Crippen molar-refractivity contribution in [1.82, 2.24) is 30.4 Å². The summed E-state index contributed by atoms with van der Waals surface area (Å²) in [4.78, 5) is 45.6. The lowest BCUT2D eigenvalue weighted by Gasteiger charge is -2.26. The van der Waals surface area contributed by atoms with Crippen molar-refractivity contribution in [3.63, 3.8) is 0 Å². The van der Waals surface area contributed by atoms with E-state index in [9.17, 15) is 0 Å². The molecule has 2 aromatic rings. The van der Waals surface area contributed by atoms with Crippen molar-refractivity contribution in [3.8, 4) is 23.7 Å². The molecule has 0 saturated carbocycles. The first kappa shape index (κ1) is 75.2. The predicted molar refractivity (Wildman–Crippen MR) is 438 cm³/mol. The highest BCUT2D eigenvalue weighted by Crippen LogP contribution is 2.39. The van der Waals surface area contributed by atoms with Crippen molar-refractivity contribution in [3.05, 3.63) is 263 Å². The quantitative estimate of drug-likeness (QED) is 0.0296. The summed E-state index contributed by atoms with van der Waals surface area (Å²) in [6.45, 7) is 30.6.